The number of carbonyl (C=O) groups excluding carboxylic acids is 2. The largest absolute Gasteiger partial charge is 0.476 e. The van der Waals surface area contributed by atoms with E-state index in [1.165, 1.54) is 17.0 Å². The predicted molar refractivity (Wildman–Crippen MR) is 110 cm³/mol. The second kappa shape index (κ2) is 8.13. The van der Waals surface area contributed by atoms with Crippen LogP contribution in [0, 0.1) is 5.92 Å². The maximum absolute atomic E-state index is 13.3. The van der Waals surface area contributed by atoms with Crippen LogP contribution in [-0.2, 0) is 19.4 Å². The Labute approximate surface area is 184 Å². The molecule has 32 heavy (non-hydrogen) atoms. The first kappa shape index (κ1) is 22.7. The smallest absolute Gasteiger partial charge is 0.308 e. The van der Waals surface area contributed by atoms with Crippen LogP contribution in [0.25, 0.3) is 0 Å². The van der Waals surface area contributed by atoms with Crippen LogP contribution in [0.1, 0.15) is 36.7 Å². The summed E-state index contributed by atoms with van der Waals surface area (Å²) in [6.07, 6.45) is 1.75. The van der Waals surface area contributed by atoms with Gasteiger partial charge in [0.1, 0.15) is 11.4 Å². The minimum absolute atomic E-state index is 0.0561. The number of carbonyl (C=O) groups is 2. The Morgan fingerprint density at radius 2 is 1.94 bits per heavy atom. The fourth-order valence-corrected chi connectivity index (χ4v) is 5.83. The topological polar surface area (TPSA) is 115 Å². The molecule has 0 bridgehead atoms. The highest BCUT2D eigenvalue weighted by atomic mass is 32.2. The number of esters is 1. The highest BCUT2D eigenvalue weighted by molar-refractivity contribution is 7.93. The van der Waals surface area contributed by atoms with Gasteiger partial charge < -0.3 is 19.7 Å². The third-order valence-electron chi connectivity index (χ3n) is 5.57. The van der Waals surface area contributed by atoms with Crippen LogP contribution in [-0.4, -0.2) is 74.5 Å². The fraction of sp³-hybridized carbons (Fsp3) is 0.650. The number of hydrogen-bond acceptors (Lipinski definition) is 8. The number of anilines is 1. The Balaban J connectivity index is 1.51. The molecular formula is C20H25F2N3O6S. The van der Waals surface area contributed by atoms with E-state index in [0.29, 0.717) is 18.2 Å². The molecule has 2 aliphatic heterocycles. The Morgan fingerprint density at radius 1 is 1.25 bits per heavy atom. The van der Waals surface area contributed by atoms with Crippen molar-refractivity contribution < 1.29 is 36.3 Å². The van der Waals surface area contributed by atoms with Crippen LogP contribution in [0.2, 0.25) is 0 Å². The average Bonchev–Trinajstić information content (AvgIpc) is 3.47. The molecular weight excluding hydrogens is 448 g/mol. The molecule has 1 aromatic rings. The lowest BCUT2D eigenvalue weighted by molar-refractivity contribution is -0.144. The Kier molecular flexibility index (Phi) is 5.76. The number of amides is 1. The SMILES string of the molecule is CCOC(=O)CC1(NC(=O)c2ccc(N3CC(F)(F)C3)c(OCC3CC3)n2)CS(=O)(=O)C1. The summed E-state index contributed by atoms with van der Waals surface area (Å²) in [5.41, 5.74) is -0.947. The lowest BCUT2D eigenvalue weighted by Gasteiger charge is -2.41. The Morgan fingerprint density at radius 3 is 2.50 bits per heavy atom. The van der Waals surface area contributed by atoms with E-state index in [1.54, 1.807) is 6.92 Å². The highest BCUT2D eigenvalue weighted by Crippen LogP contribution is 2.38. The summed E-state index contributed by atoms with van der Waals surface area (Å²) in [6.45, 7) is 1.22. The zero-order chi connectivity index (χ0) is 23.1. The maximum Gasteiger partial charge on any atom is 0.308 e. The van der Waals surface area contributed by atoms with Crippen molar-refractivity contribution >= 4 is 27.4 Å². The van der Waals surface area contributed by atoms with Crippen LogP contribution in [0.15, 0.2) is 12.1 Å². The number of rotatable bonds is 9. The van der Waals surface area contributed by atoms with E-state index in [0.717, 1.165) is 12.8 Å². The third kappa shape index (κ3) is 5.11. The zero-order valence-corrected chi connectivity index (χ0v) is 18.4. The van der Waals surface area contributed by atoms with Crippen molar-refractivity contribution in [2.45, 2.75) is 37.6 Å². The van der Waals surface area contributed by atoms with E-state index < -0.39 is 46.3 Å². The molecule has 1 N–H and O–H groups in total. The molecule has 3 aliphatic rings. The molecule has 0 radical (unpaired) electrons. The van der Waals surface area contributed by atoms with Gasteiger partial charge in [0.05, 0.1) is 49.8 Å². The summed E-state index contributed by atoms with van der Waals surface area (Å²) in [6, 6.07) is 2.87. The van der Waals surface area contributed by atoms with Gasteiger partial charge in [0.15, 0.2) is 9.84 Å². The van der Waals surface area contributed by atoms with Crippen LogP contribution >= 0.6 is 0 Å². The van der Waals surface area contributed by atoms with Gasteiger partial charge in [-0.05, 0) is 37.8 Å². The monoisotopic (exact) mass is 473 g/mol. The van der Waals surface area contributed by atoms with Crippen molar-refractivity contribution in [1.82, 2.24) is 10.3 Å². The quantitative estimate of drug-likeness (QED) is 0.532. The van der Waals surface area contributed by atoms with Crippen molar-refractivity contribution in [3.63, 3.8) is 0 Å². The molecule has 0 spiro atoms. The summed E-state index contributed by atoms with van der Waals surface area (Å²) in [5, 5.41) is 2.61. The molecule has 176 valence electrons. The van der Waals surface area contributed by atoms with Gasteiger partial charge >= 0.3 is 5.97 Å². The van der Waals surface area contributed by atoms with E-state index in [-0.39, 0.29) is 36.1 Å². The molecule has 4 rings (SSSR count). The lowest BCUT2D eigenvalue weighted by Crippen LogP contribution is -2.66. The summed E-state index contributed by atoms with van der Waals surface area (Å²) in [7, 11) is -3.37. The van der Waals surface area contributed by atoms with Crippen molar-refractivity contribution in [3.05, 3.63) is 17.8 Å². The van der Waals surface area contributed by atoms with Gasteiger partial charge in [-0.1, -0.05) is 0 Å². The van der Waals surface area contributed by atoms with E-state index >= 15 is 0 Å². The molecule has 2 saturated heterocycles. The zero-order valence-electron chi connectivity index (χ0n) is 17.6. The number of pyridine rings is 1. The standard InChI is InChI=1S/C20H25F2N3O6S/c1-2-30-16(26)7-19(11-32(28,29)12-19)24-17(27)14-5-6-15(25-9-20(21,22)10-25)18(23-14)31-8-13-3-4-13/h5-6,13H,2-4,7-12H2,1H3,(H,24,27). The molecule has 1 saturated carbocycles. The van der Waals surface area contributed by atoms with Gasteiger partial charge in [0.25, 0.3) is 11.8 Å². The van der Waals surface area contributed by atoms with E-state index in [2.05, 4.69) is 10.3 Å². The molecule has 0 atom stereocenters. The number of aromatic nitrogens is 1. The van der Waals surface area contributed by atoms with Crippen LogP contribution in [0.3, 0.4) is 0 Å². The normalized spacial score (nSPS) is 22.3. The van der Waals surface area contributed by atoms with Gasteiger partial charge in [-0.2, -0.15) is 0 Å². The summed E-state index contributed by atoms with van der Waals surface area (Å²) in [5.74, 6) is -4.36. The van der Waals surface area contributed by atoms with Gasteiger partial charge in [0, 0.05) is 0 Å². The number of alkyl halides is 2. The Bertz CT molecular complexity index is 1010. The second-order valence-electron chi connectivity index (χ2n) is 8.74. The van der Waals surface area contributed by atoms with Crippen LogP contribution < -0.4 is 15.0 Å². The fourth-order valence-electron chi connectivity index (χ4n) is 3.88. The van der Waals surface area contributed by atoms with Crippen molar-refractivity contribution in [2.24, 2.45) is 5.92 Å². The van der Waals surface area contributed by atoms with Crippen molar-refractivity contribution in [2.75, 3.05) is 42.7 Å². The first-order valence-corrected chi connectivity index (χ1v) is 12.3. The summed E-state index contributed by atoms with van der Waals surface area (Å²) < 4.78 is 60.8. The number of hydrogen-bond donors (Lipinski definition) is 1. The average molecular weight is 473 g/mol. The molecule has 3 heterocycles. The molecule has 0 aromatic carbocycles. The minimum atomic E-state index is -3.37. The Hall–Kier alpha value is -2.50. The van der Waals surface area contributed by atoms with E-state index in [4.69, 9.17) is 9.47 Å². The number of nitrogens with one attached hydrogen (secondary N) is 1. The molecule has 9 nitrogen and oxygen atoms in total. The minimum Gasteiger partial charge on any atom is -0.476 e. The van der Waals surface area contributed by atoms with E-state index in [9.17, 15) is 26.8 Å². The van der Waals surface area contributed by atoms with Gasteiger partial charge in [-0.15, -0.1) is 0 Å². The molecule has 1 aliphatic carbocycles. The number of nitrogens with zero attached hydrogens (tertiary/aromatic N) is 2. The molecule has 0 unspecified atom stereocenters. The van der Waals surface area contributed by atoms with Gasteiger partial charge in [-0.3, -0.25) is 9.59 Å². The maximum atomic E-state index is 13.3. The van der Waals surface area contributed by atoms with Crippen LogP contribution in [0.4, 0.5) is 14.5 Å². The molecule has 3 fully saturated rings. The third-order valence-corrected chi connectivity index (χ3v) is 7.55. The first-order chi connectivity index (χ1) is 15.0. The van der Waals surface area contributed by atoms with Crippen molar-refractivity contribution in [1.29, 1.82) is 0 Å². The molecule has 12 heteroatoms. The lowest BCUT2D eigenvalue weighted by atomic mass is 9.98. The highest BCUT2D eigenvalue weighted by Gasteiger charge is 2.51. The molecule has 1 aromatic heterocycles. The van der Waals surface area contributed by atoms with E-state index in [1.807, 2.05) is 0 Å². The summed E-state index contributed by atoms with van der Waals surface area (Å²) >= 11 is 0. The first-order valence-electron chi connectivity index (χ1n) is 10.4. The number of ether oxygens (including phenoxy) is 2. The van der Waals surface area contributed by atoms with Gasteiger partial charge in [0.2, 0.25) is 5.88 Å². The summed E-state index contributed by atoms with van der Waals surface area (Å²) in [4.78, 5) is 30.5. The predicted octanol–water partition coefficient (Wildman–Crippen LogP) is 1.18. The second-order valence-corrected chi connectivity index (χ2v) is 10.8. The molecule has 1 amide bonds. The number of halogens is 2. The van der Waals surface area contributed by atoms with Crippen molar-refractivity contribution in [3.8, 4) is 5.88 Å². The number of sulfone groups is 1. The van der Waals surface area contributed by atoms with Gasteiger partial charge in [-0.25, -0.2) is 22.2 Å². The van der Waals surface area contributed by atoms with Crippen LogP contribution in [0.5, 0.6) is 5.88 Å².